The van der Waals surface area contributed by atoms with Crippen molar-refractivity contribution in [2.45, 2.75) is 6.10 Å². The van der Waals surface area contributed by atoms with Crippen molar-refractivity contribution in [1.29, 1.82) is 0 Å². The molecule has 7 heteroatoms. The summed E-state index contributed by atoms with van der Waals surface area (Å²) in [6, 6.07) is 5.07. The number of ether oxygens (including phenoxy) is 1. The molecule has 1 aromatic carbocycles. The van der Waals surface area contributed by atoms with Crippen molar-refractivity contribution < 1.29 is 9.53 Å². The zero-order valence-electron chi connectivity index (χ0n) is 9.94. The van der Waals surface area contributed by atoms with E-state index in [2.05, 4.69) is 15.9 Å². The molecule has 19 heavy (non-hydrogen) atoms. The fourth-order valence-corrected chi connectivity index (χ4v) is 2.83. The quantitative estimate of drug-likeness (QED) is 0.819. The van der Waals surface area contributed by atoms with Crippen LogP contribution in [0.4, 0.5) is 0 Å². The SMILES string of the molecule is NC(=S)C1CN(C(=O)c2ccc(Cl)cc2Br)CCO1. The maximum atomic E-state index is 12.4. The fourth-order valence-electron chi connectivity index (χ4n) is 1.84. The number of nitrogens with two attached hydrogens (primary N) is 1. The second-order valence-electron chi connectivity index (χ2n) is 4.14. The van der Waals surface area contributed by atoms with Gasteiger partial charge in [-0.2, -0.15) is 0 Å². The van der Waals surface area contributed by atoms with Gasteiger partial charge in [0.25, 0.3) is 5.91 Å². The van der Waals surface area contributed by atoms with Crippen molar-refractivity contribution in [2.75, 3.05) is 19.7 Å². The summed E-state index contributed by atoms with van der Waals surface area (Å²) in [4.78, 5) is 14.4. The maximum absolute atomic E-state index is 12.4. The van der Waals surface area contributed by atoms with Crippen LogP contribution in [0.2, 0.25) is 5.02 Å². The second-order valence-corrected chi connectivity index (χ2v) is 5.90. The van der Waals surface area contributed by atoms with E-state index < -0.39 is 0 Å². The summed E-state index contributed by atoms with van der Waals surface area (Å²) in [5.41, 5.74) is 6.12. The Bertz CT molecular complexity index is 526. The first-order valence-corrected chi connectivity index (χ1v) is 7.22. The van der Waals surface area contributed by atoms with E-state index in [1.807, 2.05) is 0 Å². The minimum Gasteiger partial charge on any atom is -0.391 e. The number of thiocarbonyl (C=S) groups is 1. The molecule has 2 rings (SSSR count). The molecule has 0 bridgehead atoms. The van der Waals surface area contributed by atoms with Crippen molar-refractivity contribution >= 4 is 50.6 Å². The van der Waals surface area contributed by atoms with E-state index in [4.69, 9.17) is 34.3 Å². The highest BCUT2D eigenvalue weighted by molar-refractivity contribution is 9.10. The van der Waals surface area contributed by atoms with Gasteiger partial charge in [0.05, 0.1) is 18.7 Å². The number of nitrogens with zero attached hydrogens (tertiary/aromatic N) is 1. The predicted molar refractivity (Wildman–Crippen MR) is 81.6 cm³/mol. The van der Waals surface area contributed by atoms with E-state index in [0.717, 1.165) is 0 Å². The minimum absolute atomic E-state index is 0.0897. The molecule has 0 aliphatic carbocycles. The highest BCUT2D eigenvalue weighted by atomic mass is 79.9. The summed E-state index contributed by atoms with van der Waals surface area (Å²) in [5, 5.41) is 0.575. The summed E-state index contributed by atoms with van der Waals surface area (Å²) in [6.45, 7) is 1.33. The third kappa shape index (κ3) is 3.45. The maximum Gasteiger partial charge on any atom is 0.255 e. The zero-order chi connectivity index (χ0) is 14.0. The van der Waals surface area contributed by atoms with Crippen molar-refractivity contribution in [1.82, 2.24) is 4.90 Å². The van der Waals surface area contributed by atoms with Crippen molar-refractivity contribution in [3.8, 4) is 0 Å². The number of carbonyl (C=O) groups excluding carboxylic acids is 1. The molecule has 1 aliphatic heterocycles. The predicted octanol–water partition coefficient (Wildman–Crippen LogP) is 2.23. The molecule has 0 saturated carbocycles. The molecule has 102 valence electrons. The van der Waals surface area contributed by atoms with Gasteiger partial charge in [-0.3, -0.25) is 4.79 Å². The van der Waals surface area contributed by atoms with E-state index in [0.29, 0.717) is 34.8 Å². The number of rotatable bonds is 2. The van der Waals surface area contributed by atoms with Gasteiger partial charge < -0.3 is 15.4 Å². The molecule has 2 N–H and O–H groups in total. The Kier molecular flexibility index (Phi) is 4.78. The van der Waals surface area contributed by atoms with Crippen LogP contribution in [0.1, 0.15) is 10.4 Å². The van der Waals surface area contributed by atoms with E-state index >= 15 is 0 Å². The Morgan fingerprint density at radius 1 is 1.58 bits per heavy atom. The minimum atomic E-state index is -0.376. The smallest absolute Gasteiger partial charge is 0.255 e. The van der Waals surface area contributed by atoms with E-state index in [1.54, 1.807) is 23.1 Å². The lowest BCUT2D eigenvalue weighted by molar-refractivity contribution is 0.00874. The molecule has 1 saturated heterocycles. The summed E-state index contributed by atoms with van der Waals surface area (Å²) < 4.78 is 6.08. The third-order valence-corrected chi connectivity index (χ3v) is 3.99. The van der Waals surface area contributed by atoms with Crippen LogP contribution in [0.3, 0.4) is 0 Å². The van der Waals surface area contributed by atoms with Crippen LogP contribution in [0.15, 0.2) is 22.7 Å². The Balaban J connectivity index is 2.17. The number of halogens is 2. The number of morpholine rings is 1. The Morgan fingerprint density at radius 2 is 2.32 bits per heavy atom. The van der Waals surface area contributed by atoms with Crippen LogP contribution < -0.4 is 5.73 Å². The topological polar surface area (TPSA) is 55.6 Å². The summed E-state index contributed by atoms with van der Waals surface area (Å²) in [7, 11) is 0. The normalized spacial score (nSPS) is 19.3. The standard InChI is InChI=1S/C12H12BrClN2O2S/c13-9-5-7(14)1-2-8(9)12(17)16-3-4-18-10(6-16)11(15)19/h1-2,5,10H,3-4,6H2,(H2,15,19). The van der Waals surface area contributed by atoms with Crippen molar-refractivity contribution in [3.05, 3.63) is 33.3 Å². The van der Waals surface area contributed by atoms with Gasteiger partial charge >= 0.3 is 0 Å². The Hall–Kier alpha value is -0.690. The van der Waals surface area contributed by atoms with Crippen LogP contribution in [-0.2, 0) is 4.74 Å². The van der Waals surface area contributed by atoms with Gasteiger partial charge in [-0.15, -0.1) is 0 Å². The second kappa shape index (κ2) is 6.17. The Labute approximate surface area is 130 Å². The lowest BCUT2D eigenvalue weighted by Crippen LogP contribution is -2.50. The molecule has 1 heterocycles. The van der Waals surface area contributed by atoms with Crippen LogP contribution >= 0.6 is 39.7 Å². The number of hydrogen-bond acceptors (Lipinski definition) is 3. The van der Waals surface area contributed by atoms with Gasteiger partial charge in [-0.25, -0.2) is 0 Å². The molecule has 0 aromatic heterocycles. The monoisotopic (exact) mass is 362 g/mol. The van der Waals surface area contributed by atoms with Gasteiger partial charge in [0.15, 0.2) is 0 Å². The molecular formula is C12H12BrClN2O2S. The van der Waals surface area contributed by atoms with Gasteiger partial charge in [0.2, 0.25) is 0 Å². The highest BCUT2D eigenvalue weighted by Gasteiger charge is 2.27. The van der Waals surface area contributed by atoms with E-state index in [1.165, 1.54) is 0 Å². The molecule has 1 atom stereocenters. The van der Waals surface area contributed by atoms with Crippen LogP contribution in [0, 0.1) is 0 Å². The molecule has 1 aromatic rings. The first kappa shape index (κ1) is 14.7. The number of benzene rings is 1. The zero-order valence-corrected chi connectivity index (χ0v) is 13.1. The van der Waals surface area contributed by atoms with E-state index in [-0.39, 0.29) is 17.0 Å². The average Bonchev–Trinajstić information content (AvgIpc) is 2.38. The van der Waals surface area contributed by atoms with Gasteiger partial charge in [-0.05, 0) is 34.1 Å². The van der Waals surface area contributed by atoms with Crippen molar-refractivity contribution in [3.63, 3.8) is 0 Å². The number of carbonyl (C=O) groups is 1. The van der Waals surface area contributed by atoms with Crippen LogP contribution in [0.5, 0.6) is 0 Å². The molecule has 1 unspecified atom stereocenters. The highest BCUT2D eigenvalue weighted by Crippen LogP contribution is 2.23. The fraction of sp³-hybridized carbons (Fsp3) is 0.333. The van der Waals surface area contributed by atoms with Gasteiger partial charge in [0.1, 0.15) is 11.1 Å². The Morgan fingerprint density at radius 3 is 2.95 bits per heavy atom. The molecule has 1 fully saturated rings. The largest absolute Gasteiger partial charge is 0.391 e. The summed E-state index contributed by atoms with van der Waals surface area (Å²) in [6.07, 6.45) is -0.376. The first-order chi connectivity index (χ1) is 8.99. The summed E-state index contributed by atoms with van der Waals surface area (Å²) >= 11 is 14.1. The van der Waals surface area contributed by atoms with Gasteiger partial charge in [-0.1, -0.05) is 23.8 Å². The molecule has 1 aliphatic rings. The van der Waals surface area contributed by atoms with Crippen LogP contribution in [-0.4, -0.2) is 41.6 Å². The lowest BCUT2D eigenvalue weighted by Gasteiger charge is -2.32. The number of hydrogen-bond donors (Lipinski definition) is 1. The van der Waals surface area contributed by atoms with Crippen LogP contribution in [0.25, 0.3) is 0 Å². The third-order valence-electron chi connectivity index (χ3n) is 2.83. The first-order valence-electron chi connectivity index (χ1n) is 5.64. The number of amides is 1. The molecule has 1 amide bonds. The molecule has 4 nitrogen and oxygen atoms in total. The molecule has 0 spiro atoms. The molecule has 0 radical (unpaired) electrons. The van der Waals surface area contributed by atoms with Crippen molar-refractivity contribution in [2.24, 2.45) is 5.73 Å². The lowest BCUT2D eigenvalue weighted by atomic mass is 10.1. The molecular weight excluding hydrogens is 352 g/mol. The summed E-state index contributed by atoms with van der Waals surface area (Å²) in [5.74, 6) is -0.0897. The van der Waals surface area contributed by atoms with E-state index in [9.17, 15) is 4.79 Å². The van der Waals surface area contributed by atoms with Gasteiger partial charge in [0, 0.05) is 16.0 Å². The average molecular weight is 364 g/mol.